The minimum Gasteiger partial charge on any atom is -0.459 e. The fourth-order valence-electron chi connectivity index (χ4n) is 1.72. The third-order valence-corrected chi connectivity index (χ3v) is 3.75. The predicted octanol–water partition coefficient (Wildman–Crippen LogP) is 2.80. The van der Waals surface area contributed by atoms with Crippen molar-refractivity contribution in [2.24, 2.45) is 0 Å². The number of tetrazole rings is 1. The topological polar surface area (TPSA) is 69.9 Å². The van der Waals surface area contributed by atoms with Crippen molar-refractivity contribution in [3.05, 3.63) is 51.7 Å². The number of halogens is 1. The fraction of sp³-hybridized carbons (Fsp3) is 0.143. The highest BCUT2D eigenvalue weighted by Crippen LogP contribution is 2.16. The molecule has 8 heteroatoms. The van der Waals surface area contributed by atoms with E-state index in [2.05, 4.69) is 15.4 Å². The Balaban J connectivity index is 1.54. The van der Waals surface area contributed by atoms with Crippen molar-refractivity contribution in [2.75, 3.05) is 0 Å². The van der Waals surface area contributed by atoms with E-state index in [0.717, 1.165) is 11.1 Å². The summed E-state index contributed by atoms with van der Waals surface area (Å²) >= 11 is 7.34. The summed E-state index contributed by atoms with van der Waals surface area (Å²) in [5, 5.41) is 16.4. The average molecular weight is 335 g/mol. The number of hydrogen-bond acceptors (Lipinski definition) is 6. The van der Waals surface area contributed by atoms with Crippen LogP contribution in [0.2, 0.25) is 5.02 Å². The van der Waals surface area contributed by atoms with Crippen LogP contribution in [0.25, 0.3) is 11.4 Å². The second kappa shape index (κ2) is 6.67. The van der Waals surface area contributed by atoms with Gasteiger partial charge in [-0.15, -0.1) is 10.2 Å². The molecule has 0 aliphatic rings. The molecule has 0 bridgehead atoms. The van der Waals surface area contributed by atoms with E-state index in [4.69, 9.17) is 16.3 Å². The molecule has 22 heavy (non-hydrogen) atoms. The van der Waals surface area contributed by atoms with Crippen LogP contribution in [0.15, 0.2) is 41.1 Å². The van der Waals surface area contributed by atoms with Crippen LogP contribution in [-0.2, 0) is 22.7 Å². The highest BCUT2D eigenvalue weighted by molar-refractivity contribution is 7.08. The molecule has 0 fully saturated rings. The maximum absolute atomic E-state index is 11.8. The molecule has 3 aromatic rings. The number of rotatable bonds is 5. The van der Waals surface area contributed by atoms with Crippen LogP contribution in [0.3, 0.4) is 0 Å². The first-order valence-corrected chi connectivity index (χ1v) is 7.73. The van der Waals surface area contributed by atoms with Gasteiger partial charge in [-0.3, -0.25) is 0 Å². The number of thiophene rings is 1. The van der Waals surface area contributed by atoms with Crippen molar-refractivity contribution < 1.29 is 9.53 Å². The number of benzene rings is 1. The summed E-state index contributed by atoms with van der Waals surface area (Å²) in [6, 6.07) is 8.99. The second-order valence-electron chi connectivity index (χ2n) is 4.44. The summed E-state index contributed by atoms with van der Waals surface area (Å²) in [5.74, 6) is 0.0657. The van der Waals surface area contributed by atoms with Crippen molar-refractivity contribution in [3.63, 3.8) is 0 Å². The molecule has 0 spiro atoms. The Hall–Kier alpha value is -2.25. The van der Waals surface area contributed by atoms with Gasteiger partial charge in [-0.2, -0.15) is 16.1 Å². The smallest absolute Gasteiger partial charge is 0.330 e. The molecule has 6 nitrogen and oxygen atoms in total. The average Bonchev–Trinajstić information content (AvgIpc) is 3.17. The first-order valence-electron chi connectivity index (χ1n) is 6.41. The minimum absolute atomic E-state index is 0.0786. The van der Waals surface area contributed by atoms with E-state index < -0.39 is 5.97 Å². The lowest BCUT2D eigenvalue weighted by atomic mass is 10.2. The number of carbonyl (C=O) groups is 1. The number of hydrogen-bond donors (Lipinski definition) is 0. The maximum atomic E-state index is 11.8. The Labute approximate surface area is 135 Å². The standard InChI is InChI=1S/C14H11ClN4O2S/c15-12-3-1-10(2-4-12)8-21-13(20)7-19-17-14(16-18-19)11-5-6-22-9-11/h1-6,9H,7-8H2. The zero-order chi connectivity index (χ0) is 15.4. The Kier molecular flexibility index (Phi) is 4.45. The van der Waals surface area contributed by atoms with Gasteiger partial charge in [-0.25, -0.2) is 4.79 Å². The lowest BCUT2D eigenvalue weighted by molar-refractivity contribution is -0.146. The molecular weight excluding hydrogens is 324 g/mol. The largest absolute Gasteiger partial charge is 0.459 e. The van der Waals surface area contributed by atoms with E-state index >= 15 is 0 Å². The molecule has 3 rings (SSSR count). The molecule has 1 aromatic carbocycles. The van der Waals surface area contributed by atoms with Gasteiger partial charge < -0.3 is 4.74 Å². The zero-order valence-corrected chi connectivity index (χ0v) is 12.9. The summed E-state index contributed by atoms with van der Waals surface area (Å²) in [5.41, 5.74) is 1.74. The van der Waals surface area contributed by atoms with Crippen LogP contribution in [0.4, 0.5) is 0 Å². The highest BCUT2D eigenvalue weighted by Gasteiger charge is 2.10. The van der Waals surface area contributed by atoms with Crippen LogP contribution >= 0.6 is 22.9 Å². The van der Waals surface area contributed by atoms with Gasteiger partial charge >= 0.3 is 5.97 Å². The van der Waals surface area contributed by atoms with E-state index in [1.165, 1.54) is 4.80 Å². The summed E-state index contributed by atoms with van der Waals surface area (Å²) in [6.07, 6.45) is 0. The summed E-state index contributed by atoms with van der Waals surface area (Å²) < 4.78 is 5.16. The number of esters is 1. The van der Waals surface area contributed by atoms with Gasteiger partial charge in [-0.05, 0) is 34.4 Å². The van der Waals surface area contributed by atoms with Crippen molar-refractivity contribution in [1.82, 2.24) is 20.2 Å². The molecule has 0 N–H and O–H groups in total. The van der Waals surface area contributed by atoms with Crippen LogP contribution in [-0.4, -0.2) is 26.2 Å². The lowest BCUT2D eigenvalue weighted by Gasteiger charge is -2.04. The Morgan fingerprint density at radius 1 is 1.27 bits per heavy atom. The van der Waals surface area contributed by atoms with Crippen molar-refractivity contribution in [3.8, 4) is 11.4 Å². The normalized spacial score (nSPS) is 10.6. The quantitative estimate of drug-likeness (QED) is 0.671. The number of carbonyl (C=O) groups excluding carboxylic acids is 1. The molecule has 112 valence electrons. The van der Waals surface area contributed by atoms with Gasteiger partial charge in [-0.1, -0.05) is 23.7 Å². The predicted molar refractivity (Wildman–Crippen MR) is 82.4 cm³/mol. The van der Waals surface area contributed by atoms with Crippen LogP contribution in [0.5, 0.6) is 0 Å². The van der Waals surface area contributed by atoms with E-state index in [1.54, 1.807) is 35.6 Å². The van der Waals surface area contributed by atoms with E-state index in [-0.39, 0.29) is 13.2 Å². The monoisotopic (exact) mass is 334 g/mol. The summed E-state index contributed by atoms with van der Waals surface area (Å²) in [6.45, 7) is 0.104. The van der Waals surface area contributed by atoms with Gasteiger partial charge in [0.1, 0.15) is 6.61 Å². The van der Waals surface area contributed by atoms with Gasteiger partial charge in [0.05, 0.1) is 0 Å². The van der Waals surface area contributed by atoms with Gasteiger partial charge in [0, 0.05) is 16.0 Å². The van der Waals surface area contributed by atoms with Crippen molar-refractivity contribution in [2.45, 2.75) is 13.2 Å². The fourth-order valence-corrected chi connectivity index (χ4v) is 2.48. The van der Waals surface area contributed by atoms with Crippen LogP contribution < -0.4 is 0 Å². The molecule has 0 amide bonds. The van der Waals surface area contributed by atoms with Crippen LogP contribution in [0, 0.1) is 0 Å². The molecule has 2 aromatic heterocycles. The number of ether oxygens (including phenoxy) is 1. The molecule has 0 atom stereocenters. The van der Waals surface area contributed by atoms with Gasteiger partial charge in [0.15, 0.2) is 6.54 Å². The first-order chi connectivity index (χ1) is 10.7. The second-order valence-corrected chi connectivity index (χ2v) is 5.66. The Morgan fingerprint density at radius 3 is 2.82 bits per heavy atom. The molecule has 0 aliphatic heterocycles. The van der Waals surface area contributed by atoms with Gasteiger partial charge in [0.2, 0.25) is 5.82 Å². The molecule has 2 heterocycles. The Morgan fingerprint density at radius 2 is 2.09 bits per heavy atom. The third-order valence-electron chi connectivity index (χ3n) is 2.82. The molecule has 0 aliphatic carbocycles. The van der Waals surface area contributed by atoms with Crippen molar-refractivity contribution in [1.29, 1.82) is 0 Å². The van der Waals surface area contributed by atoms with E-state index in [0.29, 0.717) is 10.8 Å². The first kappa shape index (κ1) is 14.7. The van der Waals surface area contributed by atoms with E-state index in [9.17, 15) is 4.79 Å². The van der Waals surface area contributed by atoms with E-state index in [1.807, 2.05) is 16.8 Å². The summed E-state index contributed by atoms with van der Waals surface area (Å²) in [4.78, 5) is 13.0. The van der Waals surface area contributed by atoms with Crippen LogP contribution in [0.1, 0.15) is 5.56 Å². The number of aromatic nitrogens is 4. The maximum Gasteiger partial charge on any atom is 0.330 e. The Bertz CT molecular complexity index is 756. The minimum atomic E-state index is -0.427. The third kappa shape index (κ3) is 3.69. The SMILES string of the molecule is O=C(Cn1nnc(-c2ccsc2)n1)OCc1ccc(Cl)cc1. The molecule has 0 saturated heterocycles. The molecule has 0 radical (unpaired) electrons. The molecular formula is C14H11ClN4O2S. The molecule has 0 unspecified atom stereocenters. The molecule has 0 saturated carbocycles. The lowest BCUT2D eigenvalue weighted by Crippen LogP contribution is -2.15. The summed E-state index contributed by atoms with van der Waals surface area (Å²) in [7, 11) is 0. The number of nitrogens with zero attached hydrogens (tertiary/aromatic N) is 4. The van der Waals surface area contributed by atoms with Gasteiger partial charge in [0.25, 0.3) is 0 Å². The highest BCUT2D eigenvalue weighted by atomic mass is 35.5. The van der Waals surface area contributed by atoms with Crippen molar-refractivity contribution >= 4 is 28.9 Å². The zero-order valence-electron chi connectivity index (χ0n) is 11.3.